The van der Waals surface area contributed by atoms with Crippen LogP contribution in [0.5, 0.6) is 0 Å². The van der Waals surface area contributed by atoms with Gasteiger partial charge in [-0.2, -0.15) is 0 Å². The Bertz CT molecular complexity index is 621. The van der Waals surface area contributed by atoms with Crippen LogP contribution in [0, 0.1) is 12.8 Å². The molecule has 2 aromatic rings. The lowest BCUT2D eigenvalue weighted by atomic mass is 9.58. The fourth-order valence-electron chi connectivity index (χ4n) is 3.94. The Morgan fingerprint density at radius 3 is 2.63 bits per heavy atom. The van der Waals surface area contributed by atoms with Gasteiger partial charge in [-0.15, -0.1) is 0 Å². The van der Waals surface area contributed by atoms with E-state index < -0.39 is 0 Å². The predicted octanol–water partition coefficient (Wildman–Crippen LogP) is 2.48. The summed E-state index contributed by atoms with van der Waals surface area (Å²) in [5.41, 5.74) is 10.2. The second kappa shape index (κ2) is 3.84. The fourth-order valence-corrected chi connectivity index (χ4v) is 3.94. The summed E-state index contributed by atoms with van der Waals surface area (Å²) in [7, 11) is 0. The molecule has 1 aliphatic carbocycles. The van der Waals surface area contributed by atoms with Crippen molar-refractivity contribution in [2.45, 2.75) is 31.2 Å². The van der Waals surface area contributed by atoms with E-state index in [2.05, 4.69) is 36.2 Å². The molecule has 0 unspecified atom stereocenters. The van der Waals surface area contributed by atoms with Gasteiger partial charge >= 0.3 is 0 Å². The molecule has 19 heavy (non-hydrogen) atoms. The van der Waals surface area contributed by atoms with Gasteiger partial charge in [-0.1, -0.05) is 18.2 Å². The van der Waals surface area contributed by atoms with Crippen molar-refractivity contribution < 1.29 is 4.74 Å². The summed E-state index contributed by atoms with van der Waals surface area (Å²) in [6.45, 7) is 3.90. The van der Waals surface area contributed by atoms with Crippen LogP contribution in [0.25, 0.3) is 10.9 Å². The predicted molar refractivity (Wildman–Crippen MR) is 76.2 cm³/mol. The van der Waals surface area contributed by atoms with Gasteiger partial charge in [0.15, 0.2) is 0 Å². The molecule has 1 saturated heterocycles. The highest BCUT2D eigenvalue weighted by Crippen LogP contribution is 2.50. The van der Waals surface area contributed by atoms with Crippen LogP contribution in [0.2, 0.25) is 0 Å². The highest BCUT2D eigenvalue weighted by molar-refractivity contribution is 5.86. The maximum absolute atomic E-state index is 6.00. The number of fused-ring (bicyclic) bond motifs is 1. The van der Waals surface area contributed by atoms with Crippen LogP contribution in [-0.4, -0.2) is 24.2 Å². The number of ether oxygens (including phenoxy) is 1. The summed E-state index contributed by atoms with van der Waals surface area (Å²) in [6, 6.07) is 9.00. The quantitative estimate of drug-likeness (QED) is 0.867. The minimum Gasteiger partial charge on any atom is -0.379 e. The molecule has 4 rings (SSSR count). The van der Waals surface area contributed by atoms with Crippen molar-refractivity contribution in [3.05, 3.63) is 35.5 Å². The Hall–Kier alpha value is -1.32. The topological polar surface area (TPSA) is 51.0 Å². The monoisotopic (exact) mass is 256 g/mol. The number of nitrogens with two attached hydrogens (primary N) is 1. The first-order valence-corrected chi connectivity index (χ1v) is 7.12. The number of H-pyrrole nitrogens is 1. The Morgan fingerprint density at radius 2 is 2.00 bits per heavy atom. The standard InChI is InChI=1S/C16H20N2O/c1-10-15(13-4-2-3-5-14(13)18-10)16(8-19-9-16)11-6-12(17)7-11/h2-5,11-12,18H,6-9,17H2,1H3. The molecule has 1 aromatic carbocycles. The Labute approximate surface area is 113 Å². The van der Waals surface area contributed by atoms with Gasteiger partial charge in [0, 0.05) is 28.1 Å². The van der Waals surface area contributed by atoms with Crippen molar-refractivity contribution in [2.75, 3.05) is 13.2 Å². The first-order chi connectivity index (χ1) is 9.21. The van der Waals surface area contributed by atoms with Gasteiger partial charge in [0.2, 0.25) is 0 Å². The van der Waals surface area contributed by atoms with Gasteiger partial charge in [-0.3, -0.25) is 0 Å². The van der Waals surface area contributed by atoms with Crippen molar-refractivity contribution in [3.63, 3.8) is 0 Å². The molecule has 0 spiro atoms. The van der Waals surface area contributed by atoms with Gasteiger partial charge in [0.25, 0.3) is 0 Å². The summed E-state index contributed by atoms with van der Waals surface area (Å²) >= 11 is 0. The van der Waals surface area contributed by atoms with Crippen molar-refractivity contribution in [2.24, 2.45) is 11.7 Å². The van der Waals surface area contributed by atoms with Crippen molar-refractivity contribution in [1.82, 2.24) is 4.98 Å². The van der Waals surface area contributed by atoms with E-state index in [9.17, 15) is 0 Å². The smallest absolute Gasteiger partial charge is 0.0589 e. The van der Waals surface area contributed by atoms with Crippen LogP contribution >= 0.6 is 0 Å². The number of aryl methyl sites for hydroxylation is 1. The number of hydrogen-bond donors (Lipinski definition) is 2. The van der Waals surface area contributed by atoms with Gasteiger partial charge < -0.3 is 15.5 Å². The van der Waals surface area contributed by atoms with Crippen molar-refractivity contribution in [1.29, 1.82) is 0 Å². The lowest BCUT2D eigenvalue weighted by Crippen LogP contribution is -2.58. The van der Waals surface area contributed by atoms with E-state index >= 15 is 0 Å². The molecule has 3 N–H and O–H groups in total. The number of rotatable bonds is 2. The van der Waals surface area contributed by atoms with E-state index in [1.54, 1.807) is 0 Å². The Kier molecular flexibility index (Phi) is 2.32. The molecule has 0 radical (unpaired) electrons. The zero-order valence-corrected chi connectivity index (χ0v) is 11.3. The summed E-state index contributed by atoms with van der Waals surface area (Å²) in [4.78, 5) is 3.53. The summed E-state index contributed by atoms with van der Waals surface area (Å²) < 4.78 is 5.60. The van der Waals surface area contributed by atoms with Gasteiger partial charge in [0.1, 0.15) is 0 Å². The molecule has 2 heterocycles. The van der Waals surface area contributed by atoms with Crippen LogP contribution in [-0.2, 0) is 10.2 Å². The molecule has 0 atom stereocenters. The van der Waals surface area contributed by atoms with Gasteiger partial charge in [-0.25, -0.2) is 0 Å². The largest absolute Gasteiger partial charge is 0.379 e. The molecule has 1 saturated carbocycles. The normalized spacial score (nSPS) is 28.9. The minimum atomic E-state index is 0.208. The average Bonchev–Trinajstić information content (AvgIpc) is 2.63. The van der Waals surface area contributed by atoms with Gasteiger partial charge in [-0.05, 0) is 37.3 Å². The first kappa shape index (κ1) is 11.5. The maximum Gasteiger partial charge on any atom is 0.0589 e. The van der Waals surface area contributed by atoms with Crippen LogP contribution in [0.1, 0.15) is 24.1 Å². The fraction of sp³-hybridized carbons (Fsp3) is 0.500. The second-order valence-corrected chi connectivity index (χ2v) is 6.25. The van der Waals surface area contributed by atoms with Crippen molar-refractivity contribution >= 4 is 10.9 Å². The molecular formula is C16H20N2O. The Morgan fingerprint density at radius 1 is 1.26 bits per heavy atom. The maximum atomic E-state index is 6.00. The summed E-state index contributed by atoms with van der Waals surface area (Å²) in [5.74, 6) is 0.689. The lowest BCUT2D eigenvalue weighted by Gasteiger charge is -2.53. The van der Waals surface area contributed by atoms with E-state index in [1.165, 1.54) is 22.2 Å². The third kappa shape index (κ3) is 1.46. The summed E-state index contributed by atoms with van der Waals surface area (Å²) in [6.07, 6.45) is 2.28. The van der Waals surface area contributed by atoms with Crippen LogP contribution in [0.15, 0.2) is 24.3 Å². The average molecular weight is 256 g/mol. The van der Waals surface area contributed by atoms with E-state index in [0.29, 0.717) is 12.0 Å². The second-order valence-electron chi connectivity index (χ2n) is 6.25. The molecule has 3 heteroatoms. The minimum absolute atomic E-state index is 0.208. The molecule has 2 aliphatic rings. The van der Waals surface area contributed by atoms with E-state index in [4.69, 9.17) is 10.5 Å². The molecule has 0 bridgehead atoms. The van der Waals surface area contributed by atoms with E-state index in [0.717, 1.165) is 26.1 Å². The molecule has 1 aliphatic heterocycles. The number of nitrogens with one attached hydrogen (secondary N) is 1. The lowest BCUT2D eigenvalue weighted by molar-refractivity contribution is -0.110. The van der Waals surface area contributed by atoms with Crippen LogP contribution in [0.3, 0.4) is 0 Å². The first-order valence-electron chi connectivity index (χ1n) is 7.12. The molecule has 3 nitrogen and oxygen atoms in total. The van der Waals surface area contributed by atoms with Crippen molar-refractivity contribution in [3.8, 4) is 0 Å². The molecule has 2 fully saturated rings. The molecule has 0 amide bonds. The number of aromatic amines is 1. The highest BCUT2D eigenvalue weighted by atomic mass is 16.5. The number of aromatic nitrogens is 1. The number of hydrogen-bond acceptors (Lipinski definition) is 2. The number of para-hydroxylation sites is 1. The SMILES string of the molecule is Cc1[nH]c2ccccc2c1C1(C2CC(N)C2)COC1. The van der Waals surface area contributed by atoms with Gasteiger partial charge in [0.05, 0.1) is 13.2 Å². The highest BCUT2D eigenvalue weighted by Gasteiger charge is 2.52. The van der Waals surface area contributed by atoms with Crippen LogP contribution in [0.4, 0.5) is 0 Å². The zero-order valence-electron chi connectivity index (χ0n) is 11.3. The third-order valence-corrected chi connectivity index (χ3v) is 5.07. The van der Waals surface area contributed by atoms with E-state index in [-0.39, 0.29) is 5.41 Å². The van der Waals surface area contributed by atoms with E-state index in [1.807, 2.05) is 0 Å². The number of benzene rings is 1. The molecule has 100 valence electrons. The zero-order chi connectivity index (χ0) is 13.0. The van der Waals surface area contributed by atoms with Crippen LogP contribution < -0.4 is 5.73 Å². The summed E-state index contributed by atoms with van der Waals surface area (Å²) in [5, 5.41) is 1.36. The Balaban J connectivity index is 1.86. The molecule has 1 aromatic heterocycles. The molecular weight excluding hydrogens is 236 g/mol. The third-order valence-electron chi connectivity index (χ3n) is 5.07.